The van der Waals surface area contributed by atoms with Gasteiger partial charge in [-0.25, -0.2) is 4.79 Å². The predicted octanol–water partition coefficient (Wildman–Crippen LogP) is 1.98. The Labute approximate surface area is 121 Å². The molecule has 2 rings (SSSR count). The van der Waals surface area contributed by atoms with Crippen LogP contribution in [-0.4, -0.2) is 23.4 Å². The molecule has 1 aromatic rings. The number of benzene rings is 1. The molecule has 1 aromatic carbocycles. The molecule has 0 unspecified atom stereocenters. The van der Waals surface area contributed by atoms with Crippen LogP contribution in [0.25, 0.3) is 0 Å². The lowest BCUT2D eigenvalue weighted by Gasteiger charge is -2.19. The van der Waals surface area contributed by atoms with Crippen LogP contribution < -0.4 is 5.32 Å². The molecule has 0 saturated carbocycles. The Morgan fingerprint density at radius 3 is 2.71 bits per heavy atom. The molecule has 0 atom stereocenters. The number of ether oxygens (including phenoxy) is 1. The highest BCUT2D eigenvalue weighted by molar-refractivity contribution is 6.37. The molecule has 1 N–H and O–H groups in total. The van der Waals surface area contributed by atoms with Crippen LogP contribution in [0.3, 0.4) is 0 Å². The number of anilines is 1. The minimum Gasteiger partial charge on any atom is -0.459 e. The summed E-state index contributed by atoms with van der Waals surface area (Å²) in [7, 11) is 0. The van der Waals surface area contributed by atoms with Crippen molar-refractivity contribution in [3.63, 3.8) is 0 Å². The molecular weight excluding hydrogens is 276 g/mol. The SMILES string of the molecule is CCOC(=O)C(=O)Nc1c([N+](=O)[O-])ccc2c1CCCC2. The van der Waals surface area contributed by atoms with Gasteiger partial charge in [0.1, 0.15) is 5.69 Å². The first-order valence-electron chi connectivity index (χ1n) is 6.81. The first-order valence-corrected chi connectivity index (χ1v) is 6.81. The third-order valence-electron chi connectivity index (χ3n) is 3.41. The number of nitrogens with one attached hydrogen (secondary N) is 1. The molecule has 0 heterocycles. The summed E-state index contributed by atoms with van der Waals surface area (Å²) in [6.45, 7) is 1.65. The summed E-state index contributed by atoms with van der Waals surface area (Å²) >= 11 is 0. The molecule has 1 amide bonds. The molecule has 0 radical (unpaired) electrons. The van der Waals surface area contributed by atoms with E-state index < -0.39 is 16.8 Å². The Morgan fingerprint density at radius 2 is 2.05 bits per heavy atom. The zero-order chi connectivity index (χ0) is 15.4. The van der Waals surface area contributed by atoms with Gasteiger partial charge >= 0.3 is 11.9 Å². The number of esters is 1. The predicted molar refractivity (Wildman–Crippen MR) is 75.0 cm³/mol. The molecule has 0 aromatic heterocycles. The third-order valence-corrected chi connectivity index (χ3v) is 3.41. The van der Waals surface area contributed by atoms with E-state index in [9.17, 15) is 19.7 Å². The van der Waals surface area contributed by atoms with Gasteiger partial charge in [-0.05, 0) is 43.7 Å². The summed E-state index contributed by atoms with van der Waals surface area (Å²) in [5.74, 6) is -2.03. The van der Waals surface area contributed by atoms with Gasteiger partial charge < -0.3 is 10.1 Å². The van der Waals surface area contributed by atoms with Crippen LogP contribution in [-0.2, 0) is 27.2 Å². The average molecular weight is 292 g/mol. The lowest BCUT2D eigenvalue weighted by molar-refractivity contribution is -0.384. The second-order valence-corrected chi connectivity index (χ2v) is 4.74. The number of fused-ring (bicyclic) bond motifs is 1. The monoisotopic (exact) mass is 292 g/mol. The van der Waals surface area contributed by atoms with Gasteiger partial charge in [0, 0.05) is 6.07 Å². The quantitative estimate of drug-likeness (QED) is 0.397. The van der Waals surface area contributed by atoms with Crippen molar-refractivity contribution < 1.29 is 19.2 Å². The number of nitro groups is 1. The zero-order valence-corrected chi connectivity index (χ0v) is 11.7. The number of amides is 1. The second-order valence-electron chi connectivity index (χ2n) is 4.74. The lowest BCUT2D eigenvalue weighted by Crippen LogP contribution is -2.26. The molecule has 7 heteroatoms. The number of nitro benzene ring substituents is 1. The molecule has 0 aliphatic heterocycles. The topological polar surface area (TPSA) is 98.5 Å². The molecule has 0 fully saturated rings. The van der Waals surface area contributed by atoms with Crippen LogP contribution in [0.15, 0.2) is 12.1 Å². The van der Waals surface area contributed by atoms with E-state index in [-0.39, 0.29) is 18.0 Å². The molecule has 1 aliphatic carbocycles. The maximum Gasteiger partial charge on any atom is 0.397 e. The minimum absolute atomic E-state index is 0.0707. The Balaban J connectivity index is 2.38. The molecule has 0 bridgehead atoms. The van der Waals surface area contributed by atoms with Crippen LogP contribution in [0.1, 0.15) is 30.9 Å². The fourth-order valence-electron chi connectivity index (χ4n) is 2.47. The maximum atomic E-state index is 11.8. The molecule has 112 valence electrons. The summed E-state index contributed by atoms with van der Waals surface area (Å²) in [5, 5.41) is 13.5. The van der Waals surface area contributed by atoms with E-state index in [1.54, 1.807) is 13.0 Å². The van der Waals surface area contributed by atoms with Crippen LogP contribution in [0.2, 0.25) is 0 Å². The van der Waals surface area contributed by atoms with Crippen molar-refractivity contribution in [2.75, 3.05) is 11.9 Å². The van der Waals surface area contributed by atoms with Gasteiger partial charge in [0.05, 0.1) is 11.5 Å². The number of carbonyl (C=O) groups excluding carboxylic acids is 2. The standard InChI is InChI=1S/C14H16N2O5/c1-2-21-14(18)13(17)15-12-10-6-4-3-5-9(10)7-8-11(12)16(19)20/h7-8H,2-6H2,1H3,(H,15,17). The first-order chi connectivity index (χ1) is 10.0. The highest BCUT2D eigenvalue weighted by Crippen LogP contribution is 2.35. The Kier molecular flexibility index (Phi) is 4.52. The molecule has 21 heavy (non-hydrogen) atoms. The van der Waals surface area contributed by atoms with Gasteiger partial charge in [0.25, 0.3) is 5.69 Å². The highest BCUT2D eigenvalue weighted by Gasteiger charge is 2.26. The van der Waals surface area contributed by atoms with Crippen LogP contribution >= 0.6 is 0 Å². The Morgan fingerprint density at radius 1 is 1.33 bits per heavy atom. The summed E-state index contributed by atoms with van der Waals surface area (Å²) < 4.78 is 4.60. The van der Waals surface area contributed by atoms with Crippen LogP contribution in [0.5, 0.6) is 0 Å². The lowest BCUT2D eigenvalue weighted by atomic mass is 9.89. The van der Waals surface area contributed by atoms with E-state index in [1.807, 2.05) is 0 Å². The fourth-order valence-corrected chi connectivity index (χ4v) is 2.47. The summed E-state index contributed by atoms with van der Waals surface area (Å²) in [6.07, 6.45) is 3.37. The summed E-state index contributed by atoms with van der Waals surface area (Å²) in [4.78, 5) is 33.7. The van der Waals surface area contributed by atoms with Gasteiger partial charge in [0.15, 0.2) is 0 Å². The van der Waals surface area contributed by atoms with Gasteiger partial charge in [-0.3, -0.25) is 14.9 Å². The Hall–Kier alpha value is -2.44. The van der Waals surface area contributed by atoms with Crippen molar-refractivity contribution in [1.82, 2.24) is 0 Å². The van der Waals surface area contributed by atoms with Crippen LogP contribution in [0, 0.1) is 10.1 Å². The van der Waals surface area contributed by atoms with E-state index in [0.717, 1.165) is 30.4 Å². The van der Waals surface area contributed by atoms with E-state index in [1.165, 1.54) is 6.07 Å². The first kappa shape index (κ1) is 15.0. The van der Waals surface area contributed by atoms with Gasteiger partial charge in [0.2, 0.25) is 0 Å². The average Bonchev–Trinajstić information content (AvgIpc) is 2.47. The van der Waals surface area contributed by atoms with Crippen molar-refractivity contribution in [3.05, 3.63) is 33.4 Å². The smallest absolute Gasteiger partial charge is 0.397 e. The van der Waals surface area contributed by atoms with E-state index in [4.69, 9.17) is 0 Å². The van der Waals surface area contributed by atoms with Crippen molar-refractivity contribution in [2.45, 2.75) is 32.6 Å². The van der Waals surface area contributed by atoms with Gasteiger partial charge in [-0.1, -0.05) is 6.07 Å². The number of rotatable bonds is 3. The number of nitrogens with zero attached hydrogens (tertiary/aromatic N) is 1. The van der Waals surface area contributed by atoms with Crippen molar-refractivity contribution in [3.8, 4) is 0 Å². The van der Waals surface area contributed by atoms with Crippen molar-refractivity contribution >= 4 is 23.3 Å². The normalized spacial score (nSPS) is 13.2. The van der Waals surface area contributed by atoms with Crippen molar-refractivity contribution in [1.29, 1.82) is 0 Å². The fraction of sp³-hybridized carbons (Fsp3) is 0.429. The molecule has 0 spiro atoms. The van der Waals surface area contributed by atoms with E-state index >= 15 is 0 Å². The van der Waals surface area contributed by atoms with Gasteiger partial charge in [-0.15, -0.1) is 0 Å². The summed E-state index contributed by atoms with van der Waals surface area (Å²) in [5.41, 5.74) is 1.64. The molecule has 1 aliphatic rings. The molecule has 7 nitrogen and oxygen atoms in total. The molecule has 0 saturated heterocycles. The number of aryl methyl sites for hydroxylation is 1. The largest absolute Gasteiger partial charge is 0.459 e. The number of carbonyl (C=O) groups is 2. The van der Waals surface area contributed by atoms with E-state index in [0.29, 0.717) is 6.42 Å². The number of hydrogen-bond donors (Lipinski definition) is 1. The third kappa shape index (κ3) is 3.18. The minimum atomic E-state index is -1.04. The van der Waals surface area contributed by atoms with Crippen LogP contribution in [0.4, 0.5) is 11.4 Å². The maximum absolute atomic E-state index is 11.8. The second kappa shape index (κ2) is 6.34. The van der Waals surface area contributed by atoms with E-state index in [2.05, 4.69) is 10.1 Å². The van der Waals surface area contributed by atoms with Crippen molar-refractivity contribution in [2.24, 2.45) is 0 Å². The summed E-state index contributed by atoms with van der Waals surface area (Å²) in [6, 6.07) is 3.08. The molecular formula is C14H16N2O5. The Bertz CT molecular complexity index is 597. The number of hydrogen-bond acceptors (Lipinski definition) is 5. The zero-order valence-electron chi connectivity index (χ0n) is 11.7. The highest BCUT2D eigenvalue weighted by atomic mass is 16.6. The van der Waals surface area contributed by atoms with Gasteiger partial charge in [-0.2, -0.15) is 0 Å².